The van der Waals surface area contributed by atoms with E-state index in [1.807, 2.05) is 30.2 Å². The molecule has 0 saturated carbocycles. The molecule has 1 aliphatic rings. The molecule has 0 bridgehead atoms. The average Bonchev–Trinajstić information content (AvgIpc) is 2.58. The lowest BCUT2D eigenvalue weighted by Gasteiger charge is -2.33. The fourth-order valence-electron chi connectivity index (χ4n) is 3.20. The van der Waals surface area contributed by atoms with Crippen molar-refractivity contribution < 1.29 is 4.79 Å². The lowest BCUT2D eigenvalue weighted by Crippen LogP contribution is -2.41. The van der Waals surface area contributed by atoms with E-state index in [4.69, 9.17) is 0 Å². The topological polar surface area (TPSA) is 46.1 Å². The Bertz CT molecular complexity index is 639. The number of nitrogens with zero attached hydrogens (tertiary/aromatic N) is 3. The maximum Gasteiger partial charge on any atom is 0.227 e. The highest BCUT2D eigenvalue weighted by molar-refractivity contribution is 5.78. The highest BCUT2D eigenvalue weighted by Gasteiger charge is 2.23. The summed E-state index contributed by atoms with van der Waals surface area (Å²) < 4.78 is 0. The van der Waals surface area contributed by atoms with Gasteiger partial charge in [-0.2, -0.15) is 0 Å². The van der Waals surface area contributed by atoms with Gasteiger partial charge < -0.3 is 4.90 Å². The van der Waals surface area contributed by atoms with Crippen LogP contribution in [0.15, 0.2) is 42.9 Å². The van der Waals surface area contributed by atoms with Crippen LogP contribution in [0.5, 0.6) is 0 Å². The highest BCUT2D eigenvalue weighted by Crippen LogP contribution is 2.21. The molecule has 3 rings (SSSR count). The van der Waals surface area contributed by atoms with Crippen molar-refractivity contribution in [3.05, 3.63) is 59.7 Å². The SMILES string of the molecule is Cc1ccc(C[C@@H]2CCCN(C(=O)Cc3cccnc3)C2)cn1. The minimum absolute atomic E-state index is 0.213. The van der Waals surface area contributed by atoms with Crippen LogP contribution < -0.4 is 0 Å². The highest BCUT2D eigenvalue weighted by atomic mass is 16.2. The van der Waals surface area contributed by atoms with Gasteiger partial charge in [0, 0.05) is 37.4 Å². The molecule has 4 nitrogen and oxygen atoms in total. The van der Waals surface area contributed by atoms with Crippen molar-refractivity contribution in [1.29, 1.82) is 0 Å². The van der Waals surface area contributed by atoms with E-state index in [9.17, 15) is 4.79 Å². The monoisotopic (exact) mass is 309 g/mol. The molecule has 2 aromatic rings. The molecule has 1 atom stereocenters. The van der Waals surface area contributed by atoms with Gasteiger partial charge in [-0.3, -0.25) is 14.8 Å². The maximum atomic E-state index is 12.5. The Kier molecular flexibility index (Phi) is 5.01. The number of aryl methyl sites for hydroxylation is 1. The molecule has 3 heterocycles. The van der Waals surface area contributed by atoms with Gasteiger partial charge in [0.25, 0.3) is 0 Å². The van der Waals surface area contributed by atoms with E-state index in [0.717, 1.165) is 37.2 Å². The number of likely N-dealkylation sites (tertiary alicyclic amines) is 1. The van der Waals surface area contributed by atoms with Gasteiger partial charge in [0.05, 0.1) is 6.42 Å². The van der Waals surface area contributed by atoms with Gasteiger partial charge in [-0.05, 0) is 55.4 Å². The van der Waals surface area contributed by atoms with Crippen LogP contribution in [0.4, 0.5) is 0 Å². The van der Waals surface area contributed by atoms with Crippen LogP contribution >= 0.6 is 0 Å². The van der Waals surface area contributed by atoms with Gasteiger partial charge in [0.1, 0.15) is 0 Å². The van der Waals surface area contributed by atoms with E-state index in [1.54, 1.807) is 12.4 Å². The van der Waals surface area contributed by atoms with Crippen LogP contribution in [0.1, 0.15) is 29.7 Å². The molecule has 0 aromatic carbocycles. The Morgan fingerprint density at radius 1 is 1.26 bits per heavy atom. The molecule has 1 aliphatic heterocycles. The van der Waals surface area contributed by atoms with E-state index in [0.29, 0.717) is 12.3 Å². The number of carbonyl (C=O) groups is 1. The lowest BCUT2D eigenvalue weighted by molar-refractivity contribution is -0.132. The Balaban J connectivity index is 1.57. The Morgan fingerprint density at radius 3 is 2.91 bits per heavy atom. The number of hydrogen-bond donors (Lipinski definition) is 0. The third-order valence-electron chi connectivity index (χ3n) is 4.45. The zero-order chi connectivity index (χ0) is 16.1. The standard InChI is InChI=1S/C19H23N3O/c1-15-6-7-17(13-21-15)10-18-5-3-9-22(14-18)19(23)11-16-4-2-8-20-12-16/h2,4,6-8,12-13,18H,3,5,9-11,14H2,1H3/t18-/m0/s1. The summed E-state index contributed by atoms with van der Waals surface area (Å²) in [6, 6.07) is 8.05. The van der Waals surface area contributed by atoms with Crippen molar-refractivity contribution in [2.45, 2.75) is 32.6 Å². The Hall–Kier alpha value is -2.23. The minimum Gasteiger partial charge on any atom is -0.342 e. The van der Waals surface area contributed by atoms with Crippen molar-refractivity contribution in [2.75, 3.05) is 13.1 Å². The number of piperidine rings is 1. The van der Waals surface area contributed by atoms with Crippen LogP contribution in [0.25, 0.3) is 0 Å². The van der Waals surface area contributed by atoms with E-state index >= 15 is 0 Å². The molecule has 120 valence electrons. The number of hydrogen-bond acceptors (Lipinski definition) is 3. The first kappa shape index (κ1) is 15.7. The van der Waals surface area contributed by atoms with Gasteiger partial charge in [-0.15, -0.1) is 0 Å². The number of rotatable bonds is 4. The number of pyridine rings is 2. The molecule has 0 unspecified atom stereocenters. The second-order valence-corrected chi connectivity index (χ2v) is 6.40. The van der Waals surface area contributed by atoms with Gasteiger partial charge in [0.15, 0.2) is 0 Å². The van der Waals surface area contributed by atoms with E-state index in [2.05, 4.69) is 22.1 Å². The summed E-state index contributed by atoms with van der Waals surface area (Å²) in [6.45, 7) is 3.73. The van der Waals surface area contributed by atoms with Gasteiger partial charge in [-0.25, -0.2) is 0 Å². The maximum absolute atomic E-state index is 12.5. The third kappa shape index (κ3) is 4.38. The fraction of sp³-hybridized carbons (Fsp3) is 0.421. The molecule has 0 aliphatic carbocycles. The van der Waals surface area contributed by atoms with Crippen LogP contribution in [0.3, 0.4) is 0 Å². The Morgan fingerprint density at radius 2 is 2.17 bits per heavy atom. The minimum atomic E-state index is 0.213. The van der Waals surface area contributed by atoms with Crippen molar-refractivity contribution in [2.24, 2.45) is 5.92 Å². The summed E-state index contributed by atoms with van der Waals surface area (Å²) in [7, 11) is 0. The first-order chi connectivity index (χ1) is 11.2. The third-order valence-corrected chi connectivity index (χ3v) is 4.45. The van der Waals surface area contributed by atoms with E-state index in [-0.39, 0.29) is 5.91 Å². The predicted octanol–water partition coefficient (Wildman–Crippen LogP) is 2.81. The summed E-state index contributed by atoms with van der Waals surface area (Å²) >= 11 is 0. The van der Waals surface area contributed by atoms with Crippen molar-refractivity contribution in [3.8, 4) is 0 Å². The molecular formula is C19H23N3O. The Labute approximate surface area is 137 Å². The number of aromatic nitrogens is 2. The molecule has 1 amide bonds. The summed E-state index contributed by atoms with van der Waals surface area (Å²) in [4.78, 5) is 23.0. The summed E-state index contributed by atoms with van der Waals surface area (Å²) in [6.07, 6.45) is 9.20. The second kappa shape index (κ2) is 7.36. The molecule has 0 radical (unpaired) electrons. The molecule has 23 heavy (non-hydrogen) atoms. The molecule has 1 fully saturated rings. The molecular weight excluding hydrogens is 286 g/mol. The number of carbonyl (C=O) groups excluding carboxylic acids is 1. The summed E-state index contributed by atoms with van der Waals surface area (Å²) in [5, 5.41) is 0. The van der Waals surface area contributed by atoms with Crippen molar-refractivity contribution in [1.82, 2.24) is 14.9 Å². The first-order valence-electron chi connectivity index (χ1n) is 8.29. The molecule has 1 saturated heterocycles. The van der Waals surface area contributed by atoms with Crippen LogP contribution in [0, 0.1) is 12.8 Å². The van der Waals surface area contributed by atoms with Gasteiger partial charge >= 0.3 is 0 Å². The molecule has 4 heteroatoms. The summed E-state index contributed by atoms with van der Waals surface area (Å²) in [5.41, 5.74) is 3.30. The molecule has 2 aromatic heterocycles. The van der Waals surface area contributed by atoms with Gasteiger partial charge in [0.2, 0.25) is 5.91 Å². The van der Waals surface area contributed by atoms with Crippen LogP contribution in [0.2, 0.25) is 0 Å². The lowest BCUT2D eigenvalue weighted by atomic mass is 9.91. The fourth-order valence-corrected chi connectivity index (χ4v) is 3.20. The van der Waals surface area contributed by atoms with Crippen LogP contribution in [-0.2, 0) is 17.6 Å². The zero-order valence-electron chi connectivity index (χ0n) is 13.6. The molecule has 0 N–H and O–H groups in total. The average molecular weight is 309 g/mol. The summed E-state index contributed by atoms with van der Waals surface area (Å²) in [5.74, 6) is 0.746. The predicted molar refractivity (Wildman–Crippen MR) is 89.9 cm³/mol. The number of amides is 1. The van der Waals surface area contributed by atoms with Crippen molar-refractivity contribution >= 4 is 5.91 Å². The van der Waals surface area contributed by atoms with Crippen LogP contribution in [-0.4, -0.2) is 33.9 Å². The quantitative estimate of drug-likeness (QED) is 0.872. The normalized spacial score (nSPS) is 18.0. The second-order valence-electron chi connectivity index (χ2n) is 6.40. The van der Waals surface area contributed by atoms with E-state index in [1.165, 1.54) is 12.0 Å². The van der Waals surface area contributed by atoms with Crippen molar-refractivity contribution in [3.63, 3.8) is 0 Å². The van der Waals surface area contributed by atoms with E-state index < -0.39 is 0 Å². The largest absolute Gasteiger partial charge is 0.342 e. The zero-order valence-corrected chi connectivity index (χ0v) is 13.6. The molecule has 0 spiro atoms. The first-order valence-corrected chi connectivity index (χ1v) is 8.29. The van der Waals surface area contributed by atoms with Gasteiger partial charge in [-0.1, -0.05) is 12.1 Å². The smallest absolute Gasteiger partial charge is 0.227 e.